The van der Waals surface area contributed by atoms with Crippen LogP contribution in [0.1, 0.15) is 32.9 Å². The predicted molar refractivity (Wildman–Crippen MR) is 88.9 cm³/mol. The Labute approximate surface area is 138 Å². The van der Waals surface area contributed by atoms with E-state index < -0.39 is 5.97 Å². The van der Waals surface area contributed by atoms with E-state index >= 15 is 0 Å². The summed E-state index contributed by atoms with van der Waals surface area (Å²) in [6.07, 6.45) is 0. The number of aromatic nitrogens is 1. The van der Waals surface area contributed by atoms with E-state index in [-0.39, 0.29) is 17.2 Å². The molecule has 0 saturated carbocycles. The van der Waals surface area contributed by atoms with Crippen LogP contribution in [-0.4, -0.2) is 27.9 Å². The lowest BCUT2D eigenvalue weighted by Gasteiger charge is -2.09. The second kappa shape index (κ2) is 7.32. The third-order valence-corrected chi connectivity index (χ3v) is 4.38. The van der Waals surface area contributed by atoms with Gasteiger partial charge in [-0.25, -0.2) is 4.79 Å². The molecule has 6 nitrogen and oxygen atoms in total. The number of aromatic carboxylic acids is 1. The number of carboxylic acids is 1. The second-order valence-electron chi connectivity index (χ2n) is 5.18. The molecule has 1 aromatic carbocycles. The van der Waals surface area contributed by atoms with Crippen molar-refractivity contribution in [2.45, 2.75) is 26.5 Å². The molecule has 1 aromatic heterocycles. The summed E-state index contributed by atoms with van der Waals surface area (Å²) in [6.45, 7) is 5.53. The minimum Gasteiger partial charge on any atom is -0.478 e. The fraction of sp³-hybridized carbons (Fsp3) is 0.312. The Hall–Kier alpha value is -2.28. The lowest BCUT2D eigenvalue weighted by Crippen LogP contribution is -2.15. The summed E-state index contributed by atoms with van der Waals surface area (Å²) >= 11 is 1.45. The van der Waals surface area contributed by atoms with Crippen LogP contribution >= 0.6 is 11.8 Å². The highest BCUT2D eigenvalue weighted by atomic mass is 32.2. The molecular formula is C16H18N2O4S. The van der Waals surface area contributed by atoms with Crippen LogP contribution in [0.25, 0.3) is 0 Å². The minimum absolute atomic E-state index is 0.147. The lowest BCUT2D eigenvalue weighted by molar-refractivity contribution is -0.113. The van der Waals surface area contributed by atoms with Crippen molar-refractivity contribution in [2.75, 3.05) is 11.1 Å². The lowest BCUT2D eigenvalue weighted by atomic mass is 10.1. The van der Waals surface area contributed by atoms with Gasteiger partial charge in [0.15, 0.2) is 0 Å². The quantitative estimate of drug-likeness (QED) is 0.843. The van der Waals surface area contributed by atoms with Crippen molar-refractivity contribution >= 4 is 29.3 Å². The van der Waals surface area contributed by atoms with Crippen LogP contribution in [0.5, 0.6) is 0 Å². The molecule has 122 valence electrons. The number of nitrogens with zero attached hydrogens (tertiary/aromatic N) is 1. The van der Waals surface area contributed by atoms with Crippen LogP contribution in [0, 0.1) is 20.8 Å². The monoisotopic (exact) mass is 334 g/mol. The number of hydrogen-bond donors (Lipinski definition) is 2. The molecule has 1 amide bonds. The molecule has 0 fully saturated rings. The van der Waals surface area contributed by atoms with Gasteiger partial charge in [-0.15, -0.1) is 11.8 Å². The zero-order chi connectivity index (χ0) is 17.0. The SMILES string of the molecule is Cc1ccc(C(=O)O)cc1NC(=O)CSCc1c(C)noc1C. The van der Waals surface area contributed by atoms with Gasteiger partial charge in [-0.3, -0.25) is 4.79 Å². The van der Waals surface area contributed by atoms with Crippen LogP contribution in [0.3, 0.4) is 0 Å². The number of hydrogen-bond acceptors (Lipinski definition) is 5. The first-order chi connectivity index (χ1) is 10.9. The smallest absolute Gasteiger partial charge is 0.335 e. The summed E-state index contributed by atoms with van der Waals surface area (Å²) in [4.78, 5) is 23.0. The van der Waals surface area contributed by atoms with Crippen molar-refractivity contribution < 1.29 is 19.2 Å². The molecule has 0 aliphatic rings. The van der Waals surface area contributed by atoms with Gasteiger partial charge in [-0.2, -0.15) is 0 Å². The number of rotatable bonds is 6. The zero-order valence-corrected chi connectivity index (χ0v) is 14.0. The number of anilines is 1. The highest BCUT2D eigenvalue weighted by molar-refractivity contribution is 7.99. The maximum Gasteiger partial charge on any atom is 0.335 e. The van der Waals surface area contributed by atoms with Crippen molar-refractivity contribution in [1.29, 1.82) is 0 Å². The van der Waals surface area contributed by atoms with E-state index in [1.807, 2.05) is 20.8 Å². The second-order valence-corrected chi connectivity index (χ2v) is 6.16. The maximum absolute atomic E-state index is 12.0. The van der Waals surface area contributed by atoms with Gasteiger partial charge in [0.25, 0.3) is 0 Å². The van der Waals surface area contributed by atoms with Gasteiger partial charge in [0.05, 0.1) is 17.0 Å². The molecule has 0 saturated heterocycles. The number of nitrogens with one attached hydrogen (secondary N) is 1. The van der Waals surface area contributed by atoms with Gasteiger partial charge in [-0.1, -0.05) is 11.2 Å². The summed E-state index contributed by atoms with van der Waals surface area (Å²) in [7, 11) is 0. The van der Waals surface area contributed by atoms with Crippen molar-refractivity contribution in [2.24, 2.45) is 0 Å². The Morgan fingerprint density at radius 2 is 2.04 bits per heavy atom. The molecule has 23 heavy (non-hydrogen) atoms. The minimum atomic E-state index is -1.02. The number of carboxylic acid groups (broad SMARTS) is 1. The predicted octanol–water partition coefficient (Wildman–Crippen LogP) is 3.17. The first-order valence-electron chi connectivity index (χ1n) is 7.01. The molecule has 2 rings (SSSR count). The highest BCUT2D eigenvalue weighted by Crippen LogP contribution is 2.21. The molecule has 2 N–H and O–H groups in total. The van der Waals surface area contributed by atoms with E-state index in [4.69, 9.17) is 9.63 Å². The van der Waals surface area contributed by atoms with E-state index in [1.54, 1.807) is 6.07 Å². The van der Waals surface area contributed by atoms with Crippen molar-refractivity contribution in [1.82, 2.24) is 5.16 Å². The first-order valence-corrected chi connectivity index (χ1v) is 8.17. The van der Waals surface area contributed by atoms with Gasteiger partial charge in [-0.05, 0) is 38.5 Å². The summed E-state index contributed by atoms with van der Waals surface area (Å²) < 4.78 is 5.08. The zero-order valence-electron chi connectivity index (χ0n) is 13.2. The summed E-state index contributed by atoms with van der Waals surface area (Å²) in [6, 6.07) is 4.66. The van der Waals surface area contributed by atoms with Gasteiger partial charge in [0, 0.05) is 17.0 Å². The highest BCUT2D eigenvalue weighted by Gasteiger charge is 2.12. The first kappa shape index (κ1) is 17.1. The van der Waals surface area contributed by atoms with Gasteiger partial charge in [0.1, 0.15) is 5.76 Å². The van der Waals surface area contributed by atoms with E-state index in [0.29, 0.717) is 11.4 Å². The van der Waals surface area contributed by atoms with Crippen molar-refractivity contribution in [3.05, 3.63) is 46.3 Å². The molecule has 7 heteroatoms. The number of carbonyl (C=O) groups is 2. The van der Waals surface area contributed by atoms with Crippen LogP contribution in [0.2, 0.25) is 0 Å². The normalized spacial score (nSPS) is 10.6. The average Bonchev–Trinajstić information content (AvgIpc) is 2.81. The van der Waals surface area contributed by atoms with E-state index in [2.05, 4.69) is 10.5 Å². The Balaban J connectivity index is 1.92. The van der Waals surface area contributed by atoms with Crippen molar-refractivity contribution in [3.8, 4) is 0 Å². The summed E-state index contributed by atoms with van der Waals surface area (Å²) in [5.74, 6) is 0.477. The van der Waals surface area contributed by atoms with E-state index in [9.17, 15) is 9.59 Å². The Morgan fingerprint density at radius 1 is 1.30 bits per heavy atom. The fourth-order valence-corrected chi connectivity index (χ4v) is 3.01. The van der Waals surface area contributed by atoms with Crippen LogP contribution in [-0.2, 0) is 10.5 Å². The van der Waals surface area contributed by atoms with E-state index in [0.717, 1.165) is 22.6 Å². The number of amides is 1. The van der Waals surface area contributed by atoms with Crippen molar-refractivity contribution in [3.63, 3.8) is 0 Å². The van der Waals surface area contributed by atoms with Crippen LogP contribution in [0.4, 0.5) is 5.69 Å². The van der Waals surface area contributed by atoms with Crippen LogP contribution in [0.15, 0.2) is 22.7 Å². The average molecular weight is 334 g/mol. The van der Waals surface area contributed by atoms with Crippen LogP contribution < -0.4 is 5.32 Å². The number of thioether (sulfide) groups is 1. The number of benzene rings is 1. The largest absolute Gasteiger partial charge is 0.478 e. The summed E-state index contributed by atoms with van der Waals surface area (Å²) in [5.41, 5.74) is 3.33. The standard InChI is InChI=1S/C16H18N2O4S/c1-9-4-5-12(16(20)21)6-14(9)17-15(19)8-23-7-13-10(2)18-22-11(13)3/h4-6H,7-8H2,1-3H3,(H,17,19)(H,20,21). The molecule has 1 heterocycles. The topological polar surface area (TPSA) is 92.4 Å². The van der Waals surface area contributed by atoms with Gasteiger partial charge in [0.2, 0.25) is 5.91 Å². The van der Waals surface area contributed by atoms with E-state index in [1.165, 1.54) is 23.9 Å². The summed E-state index contributed by atoms with van der Waals surface area (Å²) in [5, 5.41) is 15.6. The molecule has 0 bridgehead atoms. The Bertz CT molecular complexity index is 720. The third-order valence-electron chi connectivity index (χ3n) is 3.42. The third kappa shape index (κ3) is 4.35. The number of carbonyl (C=O) groups excluding carboxylic acids is 1. The molecular weight excluding hydrogens is 316 g/mol. The number of aryl methyl sites for hydroxylation is 3. The molecule has 0 radical (unpaired) electrons. The Morgan fingerprint density at radius 3 is 2.65 bits per heavy atom. The van der Waals surface area contributed by atoms with Gasteiger partial charge >= 0.3 is 5.97 Å². The maximum atomic E-state index is 12.0. The molecule has 0 aliphatic heterocycles. The van der Waals surface area contributed by atoms with Gasteiger partial charge < -0.3 is 14.9 Å². The molecule has 2 aromatic rings. The molecule has 0 aliphatic carbocycles. The fourth-order valence-electron chi connectivity index (χ4n) is 2.03. The molecule has 0 unspecified atom stereocenters. The molecule has 0 spiro atoms. The molecule has 0 atom stereocenters. The Kier molecular flexibility index (Phi) is 5.44.